The Labute approximate surface area is 112 Å². The van der Waals surface area contributed by atoms with Gasteiger partial charge in [0, 0.05) is 19.0 Å². The predicted octanol–water partition coefficient (Wildman–Crippen LogP) is 2.79. The van der Waals surface area contributed by atoms with Gasteiger partial charge in [-0.05, 0) is 44.6 Å². The van der Waals surface area contributed by atoms with Crippen molar-refractivity contribution in [3.63, 3.8) is 0 Å². The number of nitrogens with zero attached hydrogens (tertiary/aromatic N) is 1. The number of carbonyl (C=O) groups excluding carboxylic acids is 1. The number of unbranched alkanes of at least 4 members (excludes halogenated alkanes) is 1. The largest absolute Gasteiger partial charge is 0.342 e. The van der Waals surface area contributed by atoms with E-state index >= 15 is 0 Å². The molecular formula is C15H30N2O. The van der Waals surface area contributed by atoms with Crippen LogP contribution in [0.5, 0.6) is 0 Å². The van der Waals surface area contributed by atoms with Gasteiger partial charge in [0.15, 0.2) is 0 Å². The topological polar surface area (TPSA) is 46.3 Å². The van der Waals surface area contributed by atoms with Crippen molar-refractivity contribution in [2.75, 3.05) is 19.6 Å². The first-order chi connectivity index (χ1) is 8.72. The number of carbonyl (C=O) groups is 1. The SMILES string of the molecule is CCCCC(CC)C(=O)N1CCC(CCN)CC1. The molecule has 18 heavy (non-hydrogen) atoms. The highest BCUT2D eigenvalue weighted by Gasteiger charge is 2.26. The highest BCUT2D eigenvalue weighted by molar-refractivity contribution is 5.78. The van der Waals surface area contributed by atoms with Crippen LogP contribution in [0.3, 0.4) is 0 Å². The molecule has 1 amide bonds. The summed E-state index contributed by atoms with van der Waals surface area (Å²) in [6, 6.07) is 0. The molecule has 106 valence electrons. The molecule has 2 N–H and O–H groups in total. The molecule has 1 saturated heterocycles. The third-order valence-corrected chi connectivity index (χ3v) is 4.25. The van der Waals surface area contributed by atoms with E-state index in [1.165, 1.54) is 12.8 Å². The van der Waals surface area contributed by atoms with Gasteiger partial charge in [0.2, 0.25) is 5.91 Å². The minimum absolute atomic E-state index is 0.260. The molecule has 0 spiro atoms. The van der Waals surface area contributed by atoms with Crippen LogP contribution in [-0.4, -0.2) is 30.4 Å². The van der Waals surface area contributed by atoms with Crippen molar-refractivity contribution in [1.29, 1.82) is 0 Å². The lowest BCUT2D eigenvalue weighted by Crippen LogP contribution is -2.42. The molecule has 0 aromatic carbocycles. The van der Waals surface area contributed by atoms with E-state index in [2.05, 4.69) is 18.7 Å². The molecule has 1 aliphatic rings. The van der Waals surface area contributed by atoms with E-state index in [4.69, 9.17) is 5.73 Å². The number of amides is 1. The van der Waals surface area contributed by atoms with Gasteiger partial charge >= 0.3 is 0 Å². The average molecular weight is 254 g/mol. The van der Waals surface area contributed by atoms with E-state index in [-0.39, 0.29) is 5.92 Å². The summed E-state index contributed by atoms with van der Waals surface area (Å²) in [6.45, 7) is 7.01. The lowest BCUT2D eigenvalue weighted by Gasteiger charge is -2.34. The molecule has 3 nitrogen and oxygen atoms in total. The van der Waals surface area contributed by atoms with Crippen molar-refractivity contribution in [2.45, 2.75) is 58.8 Å². The smallest absolute Gasteiger partial charge is 0.225 e. The summed E-state index contributed by atoms with van der Waals surface area (Å²) in [6.07, 6.45) is 7.82. The molecular weight excluding hydrogens is 224 g/mol. The molecule has 1 aliphatic heterocycles. The van der Waals surface area contributed by atoms with Gasteiger partial charge in [0.05, 0.1) is 0 Å². The molecule has 0 bridgehead atoms. The van der Waals surface area contributed by atoms with Crippen LogP contribution in [0, 0.1) is 11.8 Å². The number of piperidine rings is 1. The fraction of sp³-hybridized carbons (Fsp3) is 0.933. The monoisotopic (exact) mass is 254 g/mol. The molecule has 1 unspecified atom stereocenters. The van der Waals surface area contributed by atoms with Crippen LogP contribution in [0.25, 0.3) is 0 Å². The maximum Gasteiger partial charge on any atom is 0.225 e. The standard InChI is InChI=1S/C15H30N2O/c1-3-5-6-14(4-2)15(18)17-11-8-13(7-10-16)9-12-17/h13-14H,3-12,16H2,1-2H3. The number of hydrogen-bond acceptors (Lipinski definition) is 2. The Kier molecular flexibility index (Phi) is 7.33. The number of hydrogen-bond donors (Lipinski definition) is 1. The Hall–Kier alpha value is -0.570. The van der Waals surface area contributed by atoms with Crippen LogP contribution >= 0.6 is 0 Å². The number of nitrogens with two attached hydrogens (primary N) is 1. The van der Waals surface area contributed by atoms with Crippen molar-refractivity contribution in [1.82, 2.24) is 4.90 Å². The Morgan fingerprint density at radius 2 is 2.00 bits per heavy atom. The Morgan fingerprint density at radius 1 is 1.33 bits per heavy atom. The van der Waals surface area contributed by atoms with Gasteiger partial charge in [-0.3, -0.25) is 4.79 Å². The zero-order valence-electron chi connectivity index (χ0n) is 12.2. The van der Waals surface area contributed by atoms with Crippen molar-refractivity contribution < 1.29 is 4.79 Å². The van der Waals surface area contributed by atoms with Crippen molar-refractivity contribution in [3.05, 3.63) is 0 Å². The van der Waals surface area contributed by atoms with Crippen LogP contribution in [0.2, 0.25) is 0 Å². The lowest BCUT2D eigenvalue weighted by atomic mass is 9.91. The van der Waals surface area contributed by atoms with Crippen LogP contribution in [0.15, 0.2) is 0 Å². The second-order valence-corrected chi connectivity index (χ2v) is 5.59. The Morgan fingerprint density at radius 3 is 2.50 bits per heavy atom. The fourth-order valence-electron chi connectivity index (χ4n) is 2.89. The second-order valence-electron chi connectivity index (χ2n) is 5.59. The molecule has 0 radical (unpaired) electrons. The minimum atomic E-state index is 0.260. The predicted molar refractivity (Wildman–Crippen MR) is 76.3 cm³/mol. The molecule has 0 saturated carbocycles. The molecule has 1 rings (SSSR count). The van der Waals surface area contributed by atoms with E-state index in [1.807, 2.05) is 0 Å². The molecule has 0 aromatic rings. The highest BCUT2D eigenvalue weighted by atomic mass is 16.2. The number of likely N-dealkylation sites (tertiary alicyclic amines) is 1. The van der Waals surface area contributed by atoms with Crippen LogP contribution in [0.4, 0.5) is 0 Å². The molecule has 1 atom stereocenters. The third kappa shape index (κ3) is 4.60. The zero-order valence-corrected chi connectivity index (χ0v) is 12.2. The Bertz CT molecular complexity index is 235. The van der Waals surface area contributed by atoms with Gasteiger partial charge < -0.3 is 10.6 Å². The van der Waals surface area contributed by atoms with Gasteiger partial charge in [-0.1, -0.05) is 26.7 Å². The quantitative estimate of drug-likeness (QED) is 0.759. The van der Waals surface area contributed by atoms with Crippen LogP contribution in [-0.2, 0) is 4.79 Å². The number of rotatable bonds is 7. The Balaban J connectivity index is 2.37. The fourth-order valence-corrected chi connectivity index (χ4v) is 2.89. The first kappa shape index (κ1) is 15.5. The van der Waals surface area contributed by atoms with Crippen molar-refractivity contribution >= 4 is 5.91 Å². The van der Waals surface area contributed by atoms with E-state index < -0.39 is 0 Å². The summed E-state index contributed by atoms with van der Waals surface area (Å²) in [4.78, 5) is 14.5. The lowest BCUT2D eigenvalue weighted by molar-refractivity contribution is -0.137. The van der Waals surface area contributed by atoms with Crippen LogP contribution < -0.4 is 5.73 Å². The minimum Gasteiger partial charge on any atom is -0.342 e. The van der Waals surface area contributed by atoms with Gasteiger partial charge in [-0.15, -0.1) is 0 Å². The van der Waals surface area contributed by atoms with Crippen molar-refractivity contribution in [3.8, 4) is 0 Å². The van der Waals surface area contributed by atoms with Gasteiger partial charge in [0.1, 0.15) is 0 Å². The summed E-state index contributed by atoms with van der Waals surface area (Å²) >= 11 is 0. The first-order valence-corrected chi connectivity index (χ1v) is 7.71. The second kappa shape index (κ2) is 8.52. The third-order valence-electron chi connectivity index (χ3n) is 4.25. The first-order valence-electron chi connectivity index (χ1n) is 7.71. The van der Waals surface area contributed by atoms with Gasteiger partial charge in [-0.25, -0.2) is 0 Å². The van der Waals surface area contributed by atoms with Crippen molar-refractivity contribution in [2.24, 2.45) is 17.6 Å². The normalized spacial score (nSPS) is 18.9. The van der Waals surface area contributed by atoms with E-state index in [0.29, 0.717) is 5.91 Å². The summed E-state index contributed by atoms with van der Waals surface area (Å²) in [5.41, 5.74) is 5.60. The average Bonchev–Trinajstić information content (AvgIpc) is 2.40. The summed E-state index contributed by atoms with van der Waals surface area (Å²) in [7, 11) is 0. The zero-order chi connectivity index (χ0) is 13.4. The van der Waals surface area contributed by atoms with E-state index in [0.717, 1.165) is 57.7 Å². The van der Waals surface area contributed by atoms with Crippen LogP contribution in [0.1, 0.15) is 58.8 Å². The molecule has 3 heteroatoms. The van der Waals surface area contributed by atoms with Gasteiger partial charge in [-0.2, -0.15) is 0 Å². The summed E-state index contributed by atoms with van der Waals surface area (Å²) in [5, 5.41) is 0. The molecule has 1 fully saturated rings. The van der Waals surface area contributed by atoms with E-state index in [9.17, 15) is 4.79 Å². The summed E-state index contributed by atoms with van der Waals surface area (Å²) < 4.78 is 0. The molecule has 0 aliphatic carbocycles. The molecule has 0 aromatic heterocycles. The highest BCUT2D eigenvalue weighted by Crippen LogP contribution is 2.23. The maximum atomic E-state index is 12.4. The molecule has 1 heterocycles. The summed E-state index contributed by atoms with van der Waals surface area (Å²) in [5.74, 6) is 1.41. The van der Waals surface area contributed by atoms with E-state index in [1.54, 1.807) is 0 Å². The maximum absolute atomic E-state index is 12.4. The van der Waals surface area contributed by atoms with Gasteiger partial charge in [0.25, 0.3) is 0 Å².